The Balaban J connectivity index is 3.91. The zero-order valence-corrected chi connectivity index (χ0v) is 10.6. The second-order valence-electron chi connectivity index (χ2n) is 1.70. The predicted molar refractivity (Wildman–Crippen MR) is 53.8 cm³/mol. The zero-order valence-electron chi connectivity index (χ0n) is 7.20. The van der Waals surface area contributed by atoms with Crippen molar-refractivity contribution in [3.05, 3.63) is 0 Å². The number of hydrogen-bond donors (Lipinski definition) is 0. The van der Waals surface area contributed by atoms with Crippen LogP contribution in [0.1, 0.15) is 20.8 Å². The fourth-order valence-corrected chi connectivity index (χ4v) is 8.29. The van der Waals surface area contributed by atoms with E-state index in [1.165, 1.54) is 0 Å². The molecule has 0 aromatic rings. The van der Waals surface area contributed by atoms with Crippen molar-refractivity contribution in [3.8, 4) is 0 Å². The molecule has 0 aromatic carbocycles. The molecule has 0 amide bonds. The van der Waals surface area contributed by atoms with Crippen LogP contribution in [0, 0.1) is 0 Å². The van der Waals surface area contributed by atoms with Crippen LogP contribution in [0.25, 0.3) is 0 Å². The van der Waals surface area contributed by atoms with Crippen molar-refractivity contribution in [2.45, 2.75) is 26.1 Å². The Hall–Kier alpha value is 1.09. The summed E-state index contributed by atoms with van der Waals surface area (Å²) in [4.78, 5) is 0. The number of hydrogen-bond acceptors (Lipinski definition) is 3. The monoisotopic (exact) mass is 262 g/mol. The summed E-state index contributed by atoms with van der Waals surface area (Å²) in [6, 6.07) is 0. The molecule has 2 nitrogen and oxygen atoms in total. The molecule has 0 bridgehead atoms. The van der Waals surface area contributed by atoms with E-state index in [9.17, 15) is 0 Å². The summed E-state index contributed by atoms with van der Waals surface area (Å²) in [6.45, 7) is 7.41. The fraction of sp³-hybridized carbons (Fsp3) is 1.00. The Bertz CT molecular complexity index is 119. The molecule has 0 radical (unpaired) electrons. The Labute approximate surface area is 80.0 Å². The van der Waals surface area contributed by atoms with Crippen LogP contribution >= 0.6 is 5.18 Å². The molecular formula is C6H15O2PSSe. The first-order valence-corrected chi connectivity index (χ1v) is 9.78. The van der Waals surface area contributed by atoms with E-state index in [1.54, 1.807) is 0 Å². The van der Waals surface area contributed by atoms with Crippen molar-refractivity contribution >= 4 is 31.5 Å². The van der Waals surface area contributed by atoms with Gasteiger partial charge in [0.25, 0.3) is 0 Å². The van der Waals surface area contributed by atoms with Gasteiger partial charge in [-0.15, -0.1) is 0 Å². The molecule has 0 aliphatic carbocycles. The fourth-order valence-electron chi connectivity index (χ4n) is 0.586. The van der Waals surface area contributed by atoms with Gasteiger partial charge in [0.15, 0.2) is 0 Å². The van der Waals surface area contributed by atoms with Crippen LogP contribution in [-0.2, 0) is 20.9 Å². The van der Waals surface area contributed by atoms with Gasteiger partial charge in [-0.3, -0.25) is 0 Å². The summed E-state index contributed by atoms with van der Waals surface area (Å²) in [7, 11) is 0. The first-order valence-electron chi connectivity index (χ1n) is 3.72. The standard InChI is InChI=1S/C6H15O2PSSe/c1-4-7-9(10,8-5-2)11-6-3/h4-6H2,1-3H3. The van der Waals surface area contributed by atoms with Gasteiger partial charge >= 0.3 is 79.9 Å². The average Bonchev–Trinajstić information content (AvgIpc) is 1.88. The van der Waals surface area contributed by atoms with Crippen molar-refractivity contribution in [2.75, 3.05) is 13.2 Å². The molecule has 0 unspecified atom stereocenters. The second-order valence-corrected chi connectivity index (χ2v) is 12.2. The molecule has 0 heterocycles. The van der Waals surface area contributed by atoms with Crippen LogP contribution in [-0.4, -0.2) is 27.7 Å². The van der Waals surface area contributed by atoms with E-state index in [2.05, 4.69) is 6.92 Å². The molecule has 0 N–H and O–H groups in total. The third kappa shape index (κ3) is 5.35. The van der Waals surface area contributed by atoms with E-state index >= 15 is 0 Å². The molecule has 0 saturated carbocycles. The van der Waals surface area contributed by atoms with Gasteiger partial charge in [0.2, 0.25) is 0 Å². The van der Waals surface area contributed by atoms with Gasteiger partial charge in [0.05, 0.1) is 0 Å². The third-order valence-electron chi connectivity index (χ3n) is 0.862. The predicted octanol–water partition coefficient (Wildman–Crippen LogP) is 2.43. The second kappa shape index (κ2) is 6.59. The molecule has 0 atom stereocenters. The van der Waals surface area contributed by atoms with Crippen molar-refractivity contribution in [1.82, 2.24) is 0 Å². The summed E-state index contributed by atoms with van der Waals surface area (Å²) in [5, 5.41) is -0.722. The van der Waals surface area contributed by atoms with E-state index in [0.29, 0.717) is 27.7 Å². The van der Waals surface area contributed by atoms with Crippen LogP contribution in [0.3, 0.4) is 0 Å². The van der Waals surface area contributed by atoms with E-state index in [-0.39, 0.29) is 0 Å². The van der Waals surface area contributed by atoms with Gasteiger partial charge in [-0.25, -0.2) is 0 Å². The maximum atomic E-state index is 5.44. The minimum absolute atomic E-state index is 0.356. The van der Waals surface area contributed by atoms with Crippen molar-refractivity contribution < 1.29 is 9.05 Å². The molecule has 0 aliphatic heterocycles. The molecule has 0 aliphatic rings. The summed E-state index contributed by atoms with van der Waals surface area (Å²) in [6.07, 6.45) is 0. The molecule has 0 fully saturated rings. The van der Waals surface area contributed by atoms with Gasteiger partial charge in [0, 0.05) is 0 Å². The molecule has 11 heavy (non-hydrogen) atoms. The molecule has 0 aromatic heterocycles. The quantitative estimate of drug-likeness (QED) is 0.540. The van der Waals surface area contributed by atoms with Crippen LogP contribution < -0.4 is 0 Å². The van der Waals surface area contributed by atoms with Gasteiger partial charge in [-0.05, 0) is 0 Å². The third-order valence-corrected chi connectivity index (χ3v) is 9.80. The van der Waals surface area contributed by atoms with Gasteiger partial charge in [-0.2, -0.15) is 0 Å². The Kier molecular flexibility index (Phi) is 7.24. The average molecular weight is 261 g/mol. The Morgan fingerprint density at radius 2 is 1.64 bits per heavy atom. The molecule has 68 valence electrons. The summed E-state index contributed by atoms with van der Waals surface area (Å²) in [5.41, 5.74) is 0. The molecule has 0 spiro atoms. The Morgan fingerprint density at radius 1 is 1.18 bits per heavy atom. The van der Waals surface area contributed by atoms with Gasteiger partial charge in [0.1, 0.15) is 0 Å². The number of rotatable bonds is 6. The summed E-state index contributed by atoms with van der Waals surface area (Å²) < 4.78 is 10.9. The molecule has 0 rings (SSSR count). The SMILES string of the molecule is CCOP(=S)(OCC)[Se]CC. The molecule has 5 heteroatoms. The van der Waals surface area contributed by atoms with Crippen LogP contribution in [0.15, 0.2) is 0 Å². The van der Waals surface area contributed by atoms with Gasteiger partial charge in [-0.1, -0.05) is 0 Å². The maximum absolute atomic E-state index is 5.44. The Morgan fingerprint density at radius 3 is 1.91 bits per heavy atom. The van der Waals surface area contributed by atoms with Crippen molar-refractivity contribution in [1.29, 1.82) is 0 Å². The van der Waals surface area contributed by atoms with E-state index in [0.717, 1.165) is 5.32 Å². The molecular weight excluding hydrogens is 246 g/mol. The van der Waals surface area contributed by atoms with E-state index < -0.39 is 5.18 Å². The van der Waals surface area contributed by atoms with Gasteiger partial charge < -0.3 is 0 Å². The molecule has 0 saturated heterocycles. The van der Waals surface area contributed by atoms with E-state index in [4.69, 9.17) is 20.9 Å². The zero-order chi connectivity index (χ0) is 8.74. The first-order chi connectivity index (χ1) is 5.18. The summed E-state index contributed by atoms with van der Waals surface area (Å²) >= 11 is 5.65. The minimum atomic E-state index is -1.82. The summed E-state index contributed by atoms with van der Waals surface area (Å²) in [5.74, 6) is 0. The topological polar surface area (TPSA) is 18.5 Å². The van der Waals surface area contributed by atoms with Crippen molar-refractivity contribution in [3.63, 3.8) is 0 Å². The first kappa shape index (κ1) is 12.1. The van der Waals surface area contributed by atoms with Crippen LogP contribution in [0.4, 0.5) is 0 Å². The van der Waals surface area contributed by atoms with Crippen LogP contribution in [0.5, 0.6) is 0 Å². The van der Waals surface area contributed by atoms with Crippen molar-refractivity contribution in [2.24, 2.45) is 0 Å². The van der Waals surface area contributed by atoms with Crippen LogP contribution in [0.2, 0.25) is 5.32 Å². The normalized spacial score (nSPS) is 11.9. The van der Waals surface area contributed by atoms with E-state index in [1.807, 2.05) is 13.8 Å².